The molecule has 0 saturated carbocycles. The Bertz CT molecular complexity index is 334. The zero-order chi connectivity index (χ0) is 18.3. The predicted octanol–water partition coefficient (Wildman–Crippen LogP) is 2.96. The summed E-state index contributed by atoms with van der Waals surface area (Å²) in [6.07, 6.45) is 13.4. The molecule has 0 aromatic heterocycles. The predicted molar refractivity (Wildman–Crippen MR) is 99.6 cm³/mol. The van der Waals surface area contributed by atoms with Gasteiger partial charge in [-0.1, -0.05) is 51.2 Å². The third-order valence-electron chi connectivity index (χ3n) is 4.75. The summed E-state index contributed by atoms with van der Waals surface area (Å²) in [5, 5.41) is 28.8. The highest BCUT2D eigenvalue weighted by Gasteiger charge is 2.38. The molecule has 0 radical (unpaired) electrons. The summed E-state index contributed by atoms with van der Waals surface area (Å²) in [7, 11) is 0. The van der Waals surface area contributed by atoms with Gasteiger partial charge >= 0.3 is 0 Å². The van der Waals surface area contributed by atoms with Gasteiger partial charge in [-0.15, -0.1) is 0 Å². The van der Waals surface area contributed by atoms with Gasteiger partial charge in [0, 0.05) is 6.61 Å². The topological polar surface area (TPSA) is 79.2 Å². The van der Waals surface area contributed by atoms with E-state index < -0.39 is 24.4 Å². The highest BCUT2D eigenvalue weighted by atomic mass is 16.6. The summed E-state index contributed by atoms with van der Waals surface area (Å²) in [6, 6.07) is 0. The SMILES string of the molecule is CCCCCC/C=C/CCCCCCO[C@H]1CO[C@H](CO)[C@@H](O)[C@@H]1O. The molecule has 0 bridgehead atoms. The second kappa shape index (κ2) is 14.7. The summed E-state index contributed by atoms with van der Waals surface area (Å²) in [6.45, 7) is 2.72. The Morgan fingerprint density at radius 3 is 2.20 bits per heavy atom. The van der Waals surface area contributed by atoms with E-state index in [9.17, 15) is 10.2 Å². The Labute approximate surface area is 153 Å². The summed E-state index contributed by atoms with van der Waals surface area (Å²) in [4.78, 5) is 0. The highest BCUT2D eigenvalue weighted by molar-refractivity contribution is 4.87. The number of ether oxygens (including phenoxy) is 2. The number of hydrogen-bond donors (Lipinski definition) is 3. The van der Waals surface area contributed by atoms with Gasteiger partial charge in [0.2, 0.25) is 0 Å². The van der Waals surface area contributed by atoms with Crippen LogP contribution in [0.1, 0.15) is 71.1 Å². The van der Waals surface area contributed by atoms with Gasteiger partial charge in [-0.2, -0.15) is 0 Å². The number of unbranched alkanes of at least 4 members (excludes halogenated alkanes) is 8. The molecule has 5 heteroatoms. The zero-order valence-electron chi connectivity index (χ0n) is 15.8. The van der Waals surface area contributed by atoms with Crippen LogP contribution in [0.25, 0.3) is 0 Å². The molecule has 1 aliphatic rings. The Balaban J connectivity index is 1.93. The maximum absolute atomic E-state index is 9.96. The van der Waals surface area contributed by atoms with Crippen LogP contribution >= 0.6 is 0 Å². The van der Waals surface area contributed by atoms with Crippen molar-refractivity contribution in [2.24, 2.45) is 0 Å². The van der Waals surface area contributed by atoms with Crippen molar-refractivity contribution in [2.75, 3.05) is 19.8 Å². The van der Waals surface area contributed by atoms with Crippen molar-refractivity contribution in [1.82, 2.24) is 0 Å². The first kappa shape index (κ1) is 22.6. The molecule has 1 rings (SSSR count). The van der Waals surface area contributed by atoms with Gasteiger partial charge in [0.05, 0.1) is 13.2 Å². The molecular formula is C20H38O5. The summed E-state index contributed by atoms with van der Waals surface area (Å²) in [5.41, 5.74) is 0. The van der Waals surface area contributed by atoms with Gasteiger partial charge < -0.3 is 24.8 Å². The first-order valence-electron chi connectivity index (χ1n) is 10.1. The van der Waals surface area contributed by atoms with E-state index >= 15 is 0 Å². The number of allylic oxidation sites excluding steroid dienone is 2. The minimum Gasteiger partial charge on any atom is -0.394 e. The van der Waals surface area contributed by atoms with E-state index in [1.54, 1.807) is 0 Å². The van der Waals surface area contributed by atoms with Crippen LogP contribution in [0.3, 0.4) is 0 Å². The molecule has 0 aromatic rings. The van der Waals surface area contributed by atoms with Crippen LogP contribution in [0, 0.1) is 0 Å². The zero-order valence-corrected chi connectivity index (χ0v) is 15.8. The van der Waals surface area contributed by atoms with Gasteiger partial charge in [0.1, 0.15) is 24.4 Å². The molecule has 4 atom stereocenters. The smallest absolute Gasteiger partial charge is 0.111 e. The second-order valence-corrected chi connectivity index (χ2v) is 6.97. The molecule has 148 valence electrons. The minimum absolute atomic E-state index is 0.215. The molecule has 3 N–H and O–H groups in total. The van der Waals surface area contributed by atoms with E-state index in [0.717, 1.165) is 19.3 Å². The van der Waals surface area contributed by atoms with Crippen molar-refractivity contribution < 1.29 is 24.8 Å². The van der Waals surface area contributed by atoms with E-state index in [4.69, 9.17) is 14.6 Å². The molecule has 0 amide bonds. The van der Waals surface area contributed by atoms with Crippen molar-refractivity contribution in [3.05, 3.63) is 12.2 Å². The lowest BCUT2D eigenvalue weighted by Crippen LogP contribution is -2.55. The first-order valence-corrected chi connectivity index (χ1v) is 10.1. The van der Waals surface area contributed by atoms with Gasteiger partial charge in [-0.05, 0) is 32.1 Å². The molecule has 0 aromatic carbocycles. The summed E-state index contributed by atoms with van der Waals surface area (Å²) < 4.78 is 10.9. The van der Waals surface area contributed by atoms with Crippen LogP contribution in [0.4, 0.5) is 0 Å². The minimum atomic E-state index is -1.09. The monoisotopic (exact) mass is 358 g/mol. The van der Waals surface area contributed by atoms with Gasteiger partial charge in [-0.3, -0.25) is 0 Å². The summed E-state index contributed by atoms with van der Waals surface area (Å²) >= 11 is 0. The fourth-order valence-electron chi connectivity index (χ4n) is 3.04. The van der Waals surface area contributed by atoms with Gasteiger partial charge in [0.25, 0.3) is 0 Å². The Hall–Kier alpha value is -0.460. The largest absolute Gasteiger partial charge is 0.394 e. The van der Waals surface area contributed by atoms with Gasteiger partial charge in [-0.25, -0.2) is 0 Å². The maximum atomic E-state index is 9.96. The Kier molecular flexibility index (Phi) is 13.3. The van der Waals surface area contributed by atoms with Crippen molar-refractivity contribution in [2.45, 2.75) is 95.5 Å². The van der Waals surface area contributed by atoms with E-state index in [2.05, 4.69) is 19.1 Å². The van der Waals surface area contributed by atoms with Crippen molar-refractivity contribution in [3.63, 3.8) is 0 Å². The lowest BCUT2D eigenvalue weighted by molar-refractivity contribution is -0.208. The normalized spacial score (nSPS) is 27.2. The van der Waals surface area contributed by atoms with Crippen molar-refractivity contribution in [1.29, 1.82) is 0 Å². The van der Waals surface area contributed by atoms with Gasteiger partial charge in [0.15, 0.2) is 0 Å². The van der Waals surface area contributed by atoms with Crippen LogP contribution in [0.5, 0.6) is 0 Å². The second-order valence-electron chi connectivity index (χ2n) is 6.97. The quantitative estimate of drug-likeness (QED) is 0.329. The number of hydrogen-bond acceptors (Lipinski definition) is 5. The molecule has 0 spiro atoms. The molecule has 0 unspecified atom stereocenters. The molecule has 1 aliphatic heterocycles. The average Bonchev–Trinajstić information content (AvgIpc) is 2.62. The van der Waals surface area contributed by atoms with Crippen LogP contribution < -0.4 is 0 Å². The third-order valence-corrected chi connectivity index (χ3v) is 4.75. The van der Waals surface area contributed by atoms with Crippen molar-refractivity contribution >= 4 is 0 Å². The van der Waals surface area contributed by atoms with Crippen LogP contribution in [-0.4, -0.2) is 59.6 Å². The maximum Gasteiger partial charge on any atom is 0.111 e. The van der Waals surface area contributed by atoms with Crippen molar-refractivity contribution in [3.8, 4) is 0 Å². The first-order chi connectivity index (χ1) is 12.2. The standard InChI is InChI=1S/C20H38O5/c1-2-3-4-5-6-7-8-9-10-11-12-13-14-24-18-16-25-17(15-21)19(22)20(18)23/h7-8,17-23H,2-6,9-16H2,1H3/b8-7+/t17-,18+,19-,20-/m1/s1. The fraction of sp³-hybridized carbons (Fsp3) is 0.900. The third kappa shape index (κ3) is 9.71. The van der Waals surface area contributed by atoms with Crippen LogP contribution in [0.15, 0.2) is 12.2 Å². The molecule has 25 heavy (non-hydrogen) atoms. The number of aliphatic hydroxyl groups is 3. The fourth-order valence-corrected chi connectivity index (χ4v) is 3.04. The molecule has 1 saturated heterocycles. The van der Waals surface area contributed by atoms with Crippen LogP contribution in [-0.2, 0) is 9.47 Å². The van der Waals surface area contributed by atoms with E-state index in [0.29, 0.717) is 6.61 Å². The van der Waals surface area contributed by atoms with E-state index in [-0.39, 0.29) is 13.2 Å². The number of rotatable bonds is 14. The number of aliphatic hydroxyl groups excluding tert-OH is 3. The molecule has 1 heterocycles. The highest BCUT2D eigenvalue weighted by Crippen LogP contribution is 2.18. The molecule has 0 aliphatic carbocycles. The average molecular weight is 359 g/mol. The van der Waals surface area contributed by atoms with E-state index in [1.165, 1.54) is 44.9 Å². The van der Waals surface area contributed by atoms with Crippen LogP contribution in [0.2, 0.25) is 0 Å². The lowest BCUT2D eigenvalue weighted by Gasteiger charge is -2.36. The lowest BCUT2D eigenvalue weighted by atomic mass is 10.0. The molecular weight excluding hydrogens is 320 g/mol. The Morgan fingerprint density at radius 2 is 1.56 bits per heavy atom. The van der Waals surface area contributed by atoms with E-state index in [1.807, 2.05) is 0 Å². The Morgan fingerprint density at radius 1 is 0.920 bits per heavy atom. The molecule has 1 fully saturated rings. The molecule has 5 nitrogen and oxygen atoms in total. The summed E-state index contributed by atoms with van der Waals surface area (Å²) in [5.74, 6) is 0.